The van der Waals surface area contributed by atoms with Crippen LogP contribution in [-0.2, 0) is 0 Å². The number of likely N-dealkylation sites (N-methyl/N-ethyl adjacent to an activating group) is 1. The van der Waals surface area contributed by atoms with Gasteiger partial charge in [-0.05, 0) is 38.0 Å². The molecule has 166 valence electrons. The Morgan fingerprint density at radius 1 is 1.28 bits per heavy atom. The Kier molecular flexibility index (Phi) is 5.42. The number of piperidine rings is 1. The van der Waals surface area contributed by atoms with Crippen LogP contribution in [0.1, 0.15) is 53.5 Å². The molecule has 5 heterocycles. The van der Waals surface area contributed by atoms with Gasteiger partial charge in [0.25, 0.3) is 11.8 Å². The second kappa shape index (κ2) is 8.38. The summed E-state index contributed by atoms with van der Waals surface area (Å²) in [6.07, 6.45) is 7.01. The summed E-state index contributed by atoms with van der Waals surface area (Å²) in [5.41, 5.74) is 2.18. The molecule has 9 nitrogen and oxygen atoms in total. The van der Waals surface area contributed by atoms with Crippen molar-refractivity contribution in [3.63, 3.8) is 0 Å². The smallest absolute Gasteiger partial charge is 0.274 e. The normalized spacial score (nSPS) is 23.2. The van der Waals surface area contributed by atoms with E-state index >= 15 is 0 Å². The number of halogens is 1. The van der Waals surface area contributed by atoms with Gasteiger partial charge < -0.3 is 14.4 Å². The number of nitrogens with zero attached hydrogens (tertiary/aromatic N) is 6. The summed E-state index contributed by atoms with van der Waals surface area (Å²) < 4.78 is 5.43. The highest BCUT2D eigenvalue weighted by atomic mass is 35.5. The molecule has 0 radical (unpaired) electrons. The molecule has 3 aromatic rings. The van der Waals surface area contributed by atoms with Crippen LogP contribution in [0.25, 0.3) is 11.6 Å². The Labute approximate surface area is 190 Å². The van der Waals surface area contributed by atoms with Gasteiger partial charge in [-0.1, -0.05) is 16.8 Å². The quantitative estimate of drug-likeness (QED) is 0.648. The lowest BCUT2D eigenvalue weighted by molar-refractivity contribution is 0.0604. The second-order valence-electron chi connectivity index (χ2n) is 8.45. The van der Waals surface area contributed by atoms with Crippen LogP contribution in [0.15, 0.2) is 40.2 Å². The Morgan fingerprint density at radius 2 is 2.16 bits per heavy atom. The number of aromatic amines is 1. The topological polar surface area (TPSA) is 104 Å². The van der Waals surface area contributed by atoms with Gasteiger partial charge in [0.1, 0.15) is 5.69 Å². The largest absolute Gasteiger partial charge is 0.356 e. The first-order valence-corrected chi connectivity index (χ1v) is 11.1. The zero-order valence-corrected chi connectivity index (χ0v) is 18.7. The van der Waals surface area contributed by atoms with Gasteiger partial charge in [0, 0.05) is 56.3 Å². The van der Waals surface area contributed by atoms with Crippen molar-refractivity contribution in [2.24, 2.45) is 5.10 Å². The third kappa shape index (κ3) is 4.00. The van der Waals surface area contributed by atoms with E-state index in [1.807, 2.05) is 29.2 Å². The van der Waals surface area contributed by atoms with Crippen LogP contribution in [0, 0.1) is 0 Å². The summed E-state index contributed by atoms with van der Waals surface area (Å²) in [5.74, 6) is 1.10. The predicted molar refractivity (Wildman–Crippen MR) is 120 cm³/mol. The lowest BCUT2D eigenvalue weighted by atomic mass is 9.92. The molecule has 10 heteroatoms. The number of nitrogens with one attached hydrogen (secondary N) is 1. The van der Waals surface area contributed by atoms with Crippen LogP contribution in [-0.4, -0.2) is 68.3 Å². The third-order valence-corrected chi connectivity index (χ3v) is 6.36. The van der Waals surface area contributed by atoms with Crippen molar-refractivity contribution in [3.8, 4) is 11.6 Å². The number of rotatable bonds is 4. The molecular formula is C22H24ClN7O2. The second-order valence-corrected chi connectivity index (χ2v) is 8.89. The maximum absolute atomic E-state index is 13.4. The molecule has 1 fully saturated rings. The van der Waals surface area contributed by atoms with E-state index in [1.54, 1.807) is 24.5 Å². The van der Waals surface area contributed by atoms with Gasteiger partial charge in [-0.25, -0.2) is 0 Å². The van der Waals surface area contributed by atoms with Crippen LogP contribution in [0.2, 0.25) is 5.02 Å². The summed E-state index contributed by atoms with van der Waals surface area (Å²) in [6, 6.07) is 5.53. The van der Waals surface area contributed by atoms with Crippen molar-refractivity contribution < 1.29 is 9.32 Å². The first kappa shape index (κ1) is 20.7. The number of amides is 1. The van der Waals surface area contributed by atoms with E-state index in [1.165, 1.54) is 0 Å². The van der Waals surface area contributed by atoms with E-state index in [4.69, 9.17) is 16.1 Å². The number of H-pyrrole nitrogens is 1. The highest BCUT2D eigenvalue weighted by molar-refractivity contribution is 6.30. The summed E-state index contributed by atoms with van der Waals surface area (Å²) in [4.78, 5) is 27.4. The Bertz CT molecular complexity index is 1160. The summed E-state index contributed by atoms with van der Waals surface area (Å²) in [6.45, 7) is 3.38. The van der Waals surface area contributed by atoms with E-state index in [0.717, 1.165) is 25.1 Å². The molecule has 5 rings (SSSR count). The van der Waals surface area contributed by atoms with Crippen molar-refractivity contribution in [2.75, 3.05) is 20.1 Å². The average molecular weight is 454 g/mol. The van der Waals surface area contributed by atoms with Crippen LogP contribution >= 0.6 is 11.6 Å². The number of likely N-dealkylation sites (tertiary alicyclic amines) is 1. The van der Waals surface area contributed by atoms with E-state index in [-0.39, 0.29) is 23.8 Å². The molecule has 1 N–H and O–H groups in total. The molecule has 0 bridgehead atoms. The van der Waals surface area contributed by atoms with Crippen LogP contribution in [0.3, 0.4) is 0 Å². The first-order valence-electron chi connectivity index (χ1n) is 10.7. The fraction of sp³-hybridized carbons (Fsp3) is 0.409. The number of hydrazone groups is 1. The van der Waals surface area contributed by atoms with E-state index in [2.05, 4.69) is 32.1 Å². The van der Waals surface area contributed by atoms with Gasteiger partial charge in [0.05, 0.1) is 16.6 Å². The minimum atomic E-state index is -0.00555. The Balaban J connectivity index is 1.33. The Morgan fingerprint density at radius 3 is 2.91 bits per heavy atom. The van der Waals surface area contributed by atoms with Gasteiger partial charge in [-0.3, -0.25) is 14.8 Å². The number of pyridine rings is 1. The van der Waals surface area contributed by atoms with E-state index < -0.39 is 0 Å². The minimum absolute atomic E-state index is 0.00555. The van der Waals surface area contributed by atoms with Crippen LogP contribution in [0.5, 0.6) is 0 Å². The molecule has 0 aromatic carbocycles. The highest BCUT2D eigenvalue weighted by Gasteiger charge is 2.33. The average Bonchev–Trinajstić information content (AvgIpc) is 3.55. The predicted octanol–water partition coefficient (Wildman–Crippen LogP) is 3.54. The summed E-state index contributed by atoms with van der Waals surface area (Å²) in [5, 5.41) is 10.9. The molecule has 32 heavy (non-hydrogen) atoms. The lowest BCUT2D eigenvalue weighted by Crippen LogP contribution is -2.45. The monoisotopic (exact) mass is 453 g/mol. The molecule has 0 saturated carbocycles. The highest BCUT2D eigenvalue weighted by Crippen LogP contribution is 2.31. The maximum Gasteiger partial charge on any atom is 0.274 e. The molecule has 1 amide bonds. The fourth-order valence-electron chi connectivity index (χ4n) is 4.30. The first-order chi connectivity index (χ1) is 15.5. The molecule has 1 saturated heterocycles. The molecule has 1 unspecified atom stereocenters. The summed E-state index contributed by atoms with van der Waals surface area (Å²) >= 11 is 5.97. The van der Waals surface area contributed by atoms with Crippen molar-refractivity contribution >= 4 is 23.7 Å². The lowest BCUT2D eigenvalue weighted by Gasteiger charge is -2.37. The number of hydrogen-bond donors (Lipinski definition) is 1. The number of carbonyl (C=O) groups is 1. The fourth-order valence-corrected chi connectivity index (χ4v) is 4.46. The van der Waals surface area contributed by atoms with Crippen molar-refractivity contribution in [3.05, 3.63) is 52.7 Å². The molecule has 0 aliphatic carbocycles. The molecule has 2 aliphatic rings. The zero-order valence-electron chi connectivity index (χ0n) is 17.9. The molecule has 2 aliphatic heterocycles. The standard InChI is InChI=1S/C22H24ClN7O2/c1-13-3-4-15(20-27-21(32-28-20)19-8-17(23)10-25-19)12-30(13)22(31)14-5-6-24-18(7-14)16-9-26-29(2)11-16/h5-10,13,15-16,25H,3-4,11-12H2,1-2H3/t13-,15+,16?/m1/s1. The van der Waals surface area contributed by atoms with Gasteiger partial charge >= 0.3 is 0 Å². The minimum Gasteiger partial charge on any atom is -0.356 e. The van der Waals surface area contributed by atoms with E-state index in [0.29, 0.717) is 34.5 Å². The van der Waals surface area contributed by atoms with Crippen molar-refractivity contribution in [2.45, 2.75) is 37.6 Å². The molecule has 0 spiro atoms. The van der Waals surface area contributed by atoms with Crippen molar-refractivity contribution in [1.82, 2.24) is 30.0 Å². The van der Waals surface area contributed by atoms with Gasteiger partial charge in [0.15, 0.2) is 5.82 Å². The molecule has 3 aromatic heterocycles. The van der Waals surface area contributed by atoms with E-state index in [9.17, 15) is 4.79 Å². The Hall–Kier alpha value is -3.20. The van der Waals surface area contributed by atoms with Crippen LogP contribution in [0.4, 0.5) is 0 Å². The van der Waals surface area contributed by atoms with Gasteiger partial charge in [0.2, 0.25) is 0 Å². The maximum atomic E-state index is 13.4. The van der Waals surface area contributed by atoms with Crippen molar-refractivity contribution in [1.29, 1.82) is 0 Å². The van der Waals surface area contributed by atoms with Crippen LogP contribution < -0.4 is 0 Å². The zero-order chi connectivity index (χ0) is 22.2. The SMILES string of the molecule is C[C@@H]1CC[C@H](c2noc(-c3cc(Cl)c[nH]3)n2)CN1C(=O)c1ccnc(C2C=NN(C)C2)c1. The molecular weight excluding hydrogens is 430 g/mol. The number of aromatic nitrogens is 4. The number of hydrogen-bond acceptors (Lipinski definition) is 7. The summed E-state index contributed by atoms with van der Waals surface area (Å²) in [7, 11) is 1.93. The third-order valence-electron chi connectivity index (χ3n) is 6.14. The van der Waals surface area contributed by atoms with Gasteiger partial charge in [-0.2, -0.15) is 10.1 Å². The number of carbonyl (C=O) groups excluding carboxylic acids is 1. The van der Waals surface area contributed by atoms with Gasteiger partial charge in [-0.15, -0.1) is 0 Å². The molecule has 3 atom stereocenters.